The van der Waals surface area contributed by atoms with E-state index in [0.29, 0.717) is 6.61 Å². The monoisotopic (exact) mass is 413 g/mol. The van der Waals surface area contributed by atoms with Crippen LogP contribution in [0, 0.1) is 6.92 Å². The average Bonchev–Trinajstić information content (AvgIpc) is 3.17. The third-order valence-corrected chi connectivity index (χ3v) is 5.99. The van der Waals surface area contributed by atoms with Gasteiger partial charge >= 0.3 is 0 Å². The van der Waals surface area contributed by atoms with Crippen LogP contribution in [0.5, 0.6) is 5.75 Å². The molecule has 5 heteroatoms. The van der Waals surface area contributed by atoms with E-state index in [0.717, 1.165) is 36.6 Å². The van der Waals surface area contributed by atoms with Crippen molar-refractivity contribution >= 4 is 10.9 Å². The second kappa shape index (κ2) is 8.53. The fourth-order valence-corrected chi connectivity index (χ4v) is 4.60. The summed E-state index contributed by atoms with van der Waals surface area (Å²) in [6, 6.07) is 23.1. The first kappa shape index (κ1) is 19.8. The van der Waals surface area contributed by atoms with Gasteiger partial charge in [-0.05, 0) is 54.8 Å². The third-order valence-electron chi connectivity index (χ3n) is 5.99. The summed E-state index contributed by atoms with van der Waals surface area (Å²) in [7, 11) is 0. The Labute approximate surface area is 182 Å². The number of aliphatic hydroxyl groups is 1. The largest absolute Gasteiger partial charge is 0.491 e. The highest BCUT2D eigenvalue weighted by molar-refractivity contribution is 5.85. The van der Waals surface area contributed by atoms with Crippen molar-refractivity contribution in [1.29, 1.82) is 0 Å². The average molecular weight is 414 g/mol. The Morgan fingerprint density at radius 2 is 1.90 bits per heavy atom. The Kier molecular flexibility index (Phi) is 5.45. The summed E-state index contributed by atoms with van der Waals surface area (Å²) in [6.07, 6.45) is 1.01. The number of hydrogen-bond donors (Lipinski definition) is 2. The molecular formula is C26H27N3O2. The summed E-state index contributed by atoms with van der Waals surface area (Å²) in [5.41, 5.74) is 7.20. The molecule has 0 amide bonds. The van der Waals surface area contributed by atoms with Gasteiger partial charge in [0.25, 0.3) is 0 Å². The molecule has 5 nitrogen and oxygen atoms in total. The highest BCUT2D eigenvalue weighted by atomic mass is 16.5. The molecule has 0 saturated carbocycles. The Bertz CT molecular complexity index is 1180. The lowest BCUT2D eigenvalue weighted by molar-refractivity contribution is 0.197. The molecule has 2 aromatic heterocycles. The van der Waals surface area contributed by atoms with Crippen LogP contribution >= 0.6 is 0 Å². The minimum Gasteiger partial charge on any atom is -0.491 e. The highest BCUT2D eigenvalue weighted by Crippen LogP contribution is 2.38. The Hall–Kier alpha value is -3.15. The first-order valence-electron chi connectivity index (χ1n) is 10.8. The SMILES string of the molecule is Cc1cccc(C2c3[nH]c4ccccc4c3CCN2Cc2ccc(OCCO)cc2)n1. The van der Waals surface area contributed by atoms with E-state index in [1.807, 2.05) is 25.1 Å². The second-order valence-corrected chi connectivity index (χ2v) is 8.11. The maximum absolute atomic E-state index is 8.95. The molecule has 0 bridgehead atoms. The van der Waals surface area contributed by atoms with Crippen LogP contribution in [-0.2, 0) is 13.0 Å². The number of aromatic amines is 1. The maximum Gasteiger partial charge on any atom is 0.119 e. The quantitative estimate of drug-likeness (QED) is 0.492. The number of pyridine rings is 1. The highest BCUT2D eigenvalue weighted by Gasteiger charge is 2.32. The third kappa shape index (κ3) is 3.94. The number of benzene rings is 2. The van der Waals surface area contributed by atoms with Gasteiger partial charge in [-0.25, -0.2) is 0 Å². The number of rotatable bonds is 6. The second-order valence-electron chi connectivity index (χ2n) is 8.11. The van der Waals surface area contributed by atoms with Gasteiger partial charge in [0.2, 0.25) is 0 Å². The van der Waals surface area contributed by atoms with Gasteiger partial charge in [0.15, 0.2) is 0 Å². The minimum atomic E-state index is 0.0214. The molecule has 0 spiro atoms. The Morgan fingerprint density at radius 3 is 2.71 bits per heavy atom. The van der Waals surface area contributed by atoms with Gasteiger partial charge in [0.1, 0.15) is 12.4 Å². The van der Waals surface area contributed by atoms with Gasteiger partial charge in [-0.2, -0.15) is 0 Å². The van der Waals surface area contributed by atoms with E-state index in [9.17, 15) is 0 Å². The number of hydrogen-bond acceptors (Lipinski definition) is 4. The molecule has 4 aromatic rings. The van der Waals surface area contributed by atoms with E-state index in [-0.39, 0.29) is 12.6 Å². The van der Waals surface area contributed by atoms with Crippen LogP contribution < -0.4 is 4.74 Å². The number of para-hydroxylation sites is 1. The van der Waals surface area contributed by atoms with Crippen LogP contribution in [0.4, 0.5) is 0 Å². The number of aromatic nitrogens is 2. The van der Waals surface area contributed by atoms with Crippen molar-refractivity contribution in [1.82, 2.24) is 14.9 Å². The molecule has 2 aromatic carbocycles. The van der Waals surface area contributed by atoms with E-state index in [4.69, 9.17) is 14.8 Å². The summed E-state index contributed by atoms with van der Waals surface area (Å²) in [5.74, 6) is 0.784. The molecule has 3 heterocycles. The zero-order valence-electron chi connectivity index (χ0n) is 17.7. The van der Waals surface area contributed by atoms with Crippen LogP contribution in [0.15, 0.2) is 66.7 Å². The molecule has 0 radical (unpaired) electrons. The van der Waals surface area contributed by atoms with Gasteiger partial charge in [-0.1, -0.05) is 36.4 Å². The molecule has 1 atom stereocenters. The number of fused-ring (bicyclic) bond motifs is 3. The van der Waals surface area contributed by atoms with E-state index < -0.39 is 0 Å². The number of ether oxygens (including phenoxy) is 1. The minimum absolute atomic E-state index is 0.0214. The summed E-state index contributed by atoms with van der Waals surface area (Å²) < 4.78 is 5.51. The normalized spacial score (nSPS) is 16.4. The molecule has 2 N–H and O–H groups in total. The standard InChI is InChI=1S/C26H27N3O2/c1-18-5-4-8-24(27-18)26-25-22(21-6-2-3-7-23(21)28-25)13-14-29(26)17-19-9-11-20(12-10-19)31-16-15-30/h2-12,26,28,30H,13-17H2,1H3. The van der Waals surface area contributed by atoms with Gasteiger partial charge in [0.05, 0.1) is 18.3 Å². The number of H-pyrrole nitrogens is 1. The molecule has 1 aliphatic heterocycles. The van der Waals surface area contributed by atoms with Crippen molar-refractivity contribution in [3.8, 4) is 5.75 Å². The van der Waals surface area contributed by atoms with Crippen LogP contribution in [0.1, 0.15) is 34.3 Å². The van der Waals surface area contributed by atoms with Crippen molar-refractivity contribution < 1.29 is 9.84 Å². The van der Waals surface area contributed by atoms with Crippen LogP contribution in [0.25, 0.3) is 10.9 Å². The lowest BCUT2D eigenvalue weighted by Crippen LogP contribution is -2.36. The Morgan fingerprint density at radius 1 is 1.06 bits per heavy atom. The van der Waals surface area contributed by atoms with E-state index >= 15 is 0 Å². The lowest BCUT2D eigenvalue weighted by Gasteiger charge is -2.35. The Balaban J connectivity index is 1.50. The van der Waals surface area contributed by atoms with Crippen LogP contribution in [0.3, 0.4) is 0 Å². The number of aryl methyl sites for hydroxylation is 1. The molecule has 1 unspecified atom stereocenters. The predicted octanol–water partition coefficient (Wildman–Crippen LogP) is 4.39. The summed E-state index contributed by atoms with van der Waals surface area (Å²) in [6.45, 7) is 4.18. The van der Waals surface area contributed by atoms with Gasteiger partial charge in [-0.3, -0.25) is 9.88 Å². The van der Waals surface area contributed by atoms with Crippen molar-refractivity contribution in [2.45, 2.75) is 25.9 Å². The molecule has 5 rings (SSSR count). The van der Waals surface area contributed by atoms with Gasteiger partial charge in [-0.15, -0.1) is 0 Å². The number of nitrogens with zero attached hydrogens (tertiary/aromatic N) is 2. The van der Waals surface area contributed by atoms with Crippen LogP contribution in [0.2, 0.25) is 0 Å². The molecule has 0 fully saturated rings. The zero-order chi connectivity index (χ0) is 21.2. The van der Waals surface area contributed by atoms with Crippen LogP contribution in [-0.4, -0.2) is 39.7 Å². The van der Waals surface area contributed by atoms with E-state index in [2.05, 4.69) is 58.4 Å². The topological polar surface area (TPSA) is 61.4 Å². The fraction of sp³-hybridized carbons (Fsp3) is 0.269. The van der Waals surface area contributed by atoms with Gasteiger partial charge in [0, 0.05) is 35.4 Å². The molecule has 31 heavy (non-hydrogen) atoms. The molecular weight excluding hydrogens is 386 g/mol. The number of aliphatic hydroxyl groups excluding tert-OH is 1. The van der Waals surface area contributed by atoms with Crippen molar-refractivity contribution in [3.05, 3.63) is 94.9 Å². The van der Waals surface area contributed by atoms with Crippen molar-refractivity contribution in [3.63, 3.8) is 0 Å². The van der Waals surface area contributed by atoms with E-state index in [1.165, 1.54) is 27.7 Å². The van der Waals surface area contributed by atoms with Gasteiger partial charge < -0.3 is 14.8 Å². The summed E-state index contributed by atoms with van der Waals surface area (Å²) >= 11 is 0. The zero-order valence-corrected chi connectivity index (χ0v) is 17.7. The predicted molar refractivity (Wildman–Crippen MR) is 122 cm³/mol. The summed E-state index contributed by atoms with van der Waals surface area (Å²) in [5, 5.41) is 10.3. The van der Waals surface area contributed by atoms with Crippen molar-refractivity contribution in [2.24, 2.45) is 0 Å². The van der Waals surface area contributed by atoms with Crippen molar-refractivity contribution in [2.75, 3.05) is 19.8 Å². The molecule has 0 aliphatic carbocycles. The lowest BCUT2D eigenvalue weighted by atomic mass is 9.94. The maximum atomic E-state index is 8.95. The molecule has 1 aliphatic rings. The fourth-order valence-electron chi connectivity index (χ4n) is 4.60. The first-order chi connectivity index (χ1) is 15.2. The van der Waals surface area contributed by atoms with E-state index in [1.54, 1.807) is 0 Å². The first-order valence-corrected chi connectivity index (χ1v) is 10.8. The molecule has 158 valence electrons. The summed E-state index contributed by atoms with van der Waals surface area (Å²) in [4.78, 5) is 11.1. The number of nitrogens with one attached hydrogen (secondary N) is 1. The smallest absolute Gasteiger partial charge is 0.119 e. The molecule has 0 saturated heterocycles.